The summed E-state index contributed by atoms with van der Waals surface area (Å²) in [5.74, 6) is 0.0656. The predicted molar refractivity (Wildman–Crippen MR) is 118 cm³/mol. The van der Waals surface area contributed by atoms with E-state index < -0.39 is 12.5 Å². The van der Waals surface area contributed by atoms with Gasteiger partial charge in [0.25, 0.3) is 11.5 Å². The number of methoxy groups -OCH3 is 2. The molecule has 0 saturated heterocycles. The van der Waals surface area contributed by atoms with Gasteiger partial charge in [0.2, 0.25) is 0 Å². The summed E-state index contributed by atoms with van der Waals surface area (Å²) in [6.07, 6.45) is 2.83. The number of aromatic nitrogens is 1. The molecule has 0 fully saturated rings. The van der Waals surface area contributed by atoms with Crippen LogP contribution in [0.5, 0.6) is 17.2 Å². The zero-order valence-electron chi connectivity index (χ0n) is 17.4. The summed E-state index contributed by atoms with van der Waals surface area (Å²) in [6, 6.07) is 11.4. The van der Waals surface area contributed by atoms with Gasteiger partial charge in [-0.25, -0.2) is 0 Å². The van der Waals surface area contributed by atoms with Gasteiger partial charge in [-0.3, -0.25) is 9.59 Å². The fourth-order valence-corrected chi connectivity index (χ4v) is 3.89. The summed E-state index contributed by atoms with van der Waals surface area (Å²) in [4.78, 5) is 25.1. The summed E-state index contributed by atoms with van der Waals surface area (Å²) < 4.78 is 42.1. The van der Waals surface area contributed by atoms with E-state index in [1.807, 2.05) is 0 Å². The number of carbonyl (C=O) groups excluding carboxylic acids is 1. The molecule has 168 valence electrons. The molecule has 0 aliphatic carbocycles. The van der Waals surface area contributed by atoms with Gasteiger partial charge in [-0.2, -0.15) is 8.78 Å². The molecule has 0 spiro atoms. The van der Waals surface area contributed by atoms with E-state index in [9.17, 15) is 18.4 Å². The van der Waals surface area contributed by atoms with Crippen molar-refractivity contribution >= 4 is 35.1 Å². The number of nitrogens with zero attached hydrogens (tertiary/aromatic N) is 1. The number of rotatable bonds is 7. The van der Waals surface area contributed by atoms with Crippen molar-refractivity contribution in [3.8, 4) is 17.2 Å². The highest BCUT2D eigenvalue weighted by Crippen LogP contribution is 2.29. The average Bonchev–Trinajstić information content (AvgIpc) is 3.01. The third kappa shape index (κ3) is 5.33. The second-order valence-corrected chi connectivity index (χ2v) is 7.50. The van der Waals surface area contributed by atoms with E-state index in [-0.39, 0.29) is 17.1 Å². The normalized spacial score (nSPS) is 12.2. The molecular weight excluding hydrogens is 442 g/mol. The first-order valence-electron chi connectivity index (χ1n) is 9.28. The van der Waals surface area contributed by atoms with E-state index in [4.69, 9.17) is 9.47 Å². The molecule has 3 rings (SSSR count). The highest BCUT2D eigenvalue weighted by atomic mass is 32.1. The summed E-state index contributed by atoms with van der Waals surface area (Å²) in [5.41, 5.74) is 0.623. The first kappa shape index (κ1) is 23.0. The van der Waals surface area contributed by atoms with E-state index >= 15 is 0 Å². The van der Waals surface area contributed by atoms with Crippen molar-refractivity contribution in [3.63, 3.8) is 0 Å². The number of benzene rings is 2. The molecule has 3 aromatic rings. The minimum atomic E-state index is -3.02. The van der Waals surface area contributed by atoms with Crippen LogP contribution in [0.4, 0.5) is 14.5 Å². The molecule has 1 amide bonds. The molecule has 1 aromatic heterocycles. The molecule has 0 atom stereocenters. The Hall–Kier alpha value is -3.66. The maximum absolute atomic E-state index is 12.7. The third-order valence-corrected chi connectivity index (χ3v) is 5.49. The van der Waals surface area contributed by atoms with E-state index in [1.54, 1.807) is 30.3 Å². The van der Waals surface area contributed by atoms with E-state index in [1.165, 1.54) is 50.1 Å². The molecule has 1 N–H and O–H groups in total. The number of anilines is 1. The molecule has 1 heterocycles. The van der Waals surface area contributed by atoms with Crippen LogP contribution in [0.15, 0.2) is 47.3 Å². The molecule has 7 nitrogen and oxygen atoms in total. The predicted octanol–water partition coefficient (Wildman–Crippen LogP) is 2.31. The molecule has 0 unspecified atom stereocenters. The van der Waals surface area contributed by atoms with Crippen molar-refractivity contribution in [2.45, 2.75) is 6.61 Å². The minimum absolute atomic E-state index is 0.142. The smallest absolute Gasteiger partial charge is 0.387 e. The zero-order chi connectivity index (χ0) is 23.3. The van der Waals surface area contributed by atoms with Crippen molar-refractivity contribution in [1.82, 2.24) is 4.57 Å². The van der Waals surface area contributed by atoms with Gasteiger partial charge in [0.05, 0.1) is 24.4 Å². The van der Waals surface area contributed by atoms with Gasteiger partial charge in [-0.15, -0.1) is 11.3 Å². The van der Waals surface area contributed by atoms with Crippen LogP contribution >= 0.6 is 11.3 Å². The van der Waals surface area contributed by atoms with Crippen LogP contribution < -0.4 is 34.3 Å². The van der Waals surface area contributed by atoms with Gasteiger partial charge in [-0.1, -0.05) is 18.2 Å². The topological polar surface area (TPSA) is 78.8 Å². The van der Waals surface area contributed by atoms with Crippen LogP contribution in [0.1, 0.15) is 5.56 Å². The molecule has 0 bridgehead atoms. The molecule has 0 radical (unpaired) electrons. The first-order chi connectivity index (χ1) is 15.3. The minimum Gasteiger partial charge on any atom is -0.495 e. The SMILES string of the molecule is COc1ccccc1NC(=O)/C=c1/s/c(=C/c2ccc(OC)c(OC(F)F)c2)c(=O)n1C. The van der Waals surface area contributed by atoms with Crippen molar-refractivity contribution in [3.05, 3.63) is 67.6 Å². The van der Waals surface area contributed by atoms with Crippen LogP contribution in [0, 0.1) is 0 Å². The monoisotopic (exact) mass is 462 g/mol. The Morgan fingerprint density at radius 3 is 2.50 bits per heavy atom. The Morgan fingerprint density at radius 2 is 1.81 bits per heavy atom. The lowest BCUT2D eigenvalue weighted by Crippen LogP contribution is -2.29. The highest BCUT2D eigenvalue weighted by molar-refractivity contribution is 7.07. The molecule has 32 heavy (non-hydrogen) atoms. The van der Waals surface area contributed by atoms with Gasteiger partial charge >= 0.3 is 6.61 Å². The molecule has 10 heteroatoms. The van der Waals surface area contributed by atoms with Gasteiger partial charge in [0, 0.05) is 13.1 Å². The quantitative estimate of drug-likeness (QED) is 0.583. The third-order valence-electron chi connectivity index (χ3n) is 4.38. The Labute approximate surface area is 185 Å². The maximum Gasteiger partial charge on any atom is 0.387 e. The Morgan fingerprint density at radius 1 is 1.09 bits per heavy atom. The summed E-state index contributed by atoms with van der Waals surface area (Å²) in [7, 11) is 4.37. The fourth-order valence-electron chi connectivity index (χ4n) is 2.86. The Kier molecular flexibility index (Phi) is 7.26. The van der Waals surface area contributed by atoms with Crippen molar-refractivity contribution in [2.24, 2.45) is 7.05 Å². The molecule has 0 saturated carbocycles. The lowest BCUT2D eigenvalue weighted by atomic mass is 10.2. The molecular formula is C22H20F2N2O5S. The number of para-hydroxylation sites is 2. The second kappa shape index (κ2) is 10.1. The van der Waals surface area contributed by atoms with Gasteiger partial charge in [0.1, 0.15) is 10.4 Å². The summed E-state index contributed by atoms with van der Waals surface area (Å²) >= 11 is 1.09. The number of hydrogen-bond donors (Lipinski definition) is 1. The maximum atomic E-state index is 12.7. The number of nitrogens with one attached hydrogen (secondary N) is 1. The zero-order valence-corrected chi connectivity index (χ0v) is 18.2. The summed E-state index contributed by atoms with van der Waals surface area (Å²) in [5, 5.41) is 2.71. The molecule has 0 aliphatic heterocycles. The van der Waals surface area contributed by atoms with Crippen LogP contribution in [0.3, 0.4) is 0 Å². The van der Waals surface area contributed by atoms with Crippen LogP contribution in [0.2, 0.25) is 0 Å². The number of alkyl halides is 2. The number of carbonyl (C=O) groups is 1. The first-order valence-corrected chi connectivity index (χ1v) is 10.1. The van der Waals surface area contributed by atoms with Crippen molar-refractivity contribution in [1.29, 1.82) is 0 Å². The van der Waals surface area contributed by atoms with Gasteiger partial charge < -0.3 is 24.1 Å². The van der Waals surface area contributed by atoms with Crippen LogP contribution in [-0.4, -0.2) is 31.3 Å². The molecule has 0 aliphatic rings. The highest BCUT2D eigenvalue weighted by Gasteiger charge is 2.11. The van der Waals surface area contributed by atoms with Gasteiger partial charge in [-0.05, 0) is 35.9 Å². The van der Waals surface area contributed by atoms with Crippen molar-refractivity contribution in [2.75, 3.05) is 19.5 Å². The van der Waals surface area contributed by atoms with Gasteiger partial charge in [0.15, 0.2) is 11.5 Å². The van der Waals surface area contributed by atoms with Crippen molar-refractivity contribution < 1.29 is 27.8 Å². The number of ether oxygens (including phenoxy) is 3. The number of hydrogen-bond acceptors (Lipinski definition) is 6. The lowest BCUT2D eigenvalue weighted by molar-refractivity contribution is -0.110. The Bertz CT molecular complexity index is 1300. The number of halogens is 2. The van der Waals surface area contributed by atoms with E-state index in [0.29, 0.717) is 26.2 Å². The molecule has 2 aromatic carbocycles. The standard InChI is InChI=1S/C22H20F2N2O5S/c1-26-20(12-19(27)25-14-6-4-5-7-15(14)29-2)32-18(21(26)28)11-13-8-9-16(30-3)17(10-13)31-22(23)24/h4-12,22H,1-3H3,(H,25,27)/b18-11+,20-12+. The van der Waals surface area contributed by atoms with E-state index in [2.05, 4.69) is 10.1 Å². The van der Waals surface area contributed by atoms with Crippen LogP contribution in [-0.2, 0) is 11.8 Å². The second-order valence-electron chi connectivity index (χ2n) is 6.44. The van der Waals surface area contributed by atoms with Crippen LogP contribution in [0.25, 0.3) is 12.2 Å². The van der Waals surface area contributed by atoms with E-state index in [0.717, 1.165) is 11.3 Å². The average molecular weight is 462 g/mol. The number of amides is 1. The number of thiazole rings is 1. The fraction of sp³-hybridized carbons (Fsp3) is 0.182. The lowest BCUT2D eigenvalue weighted by Gasteiger charge is -2.10. The largest absolute Gasteiger partial charge is 0.495 e. The summed E-state index contributed by atoms with van der Waals surface area (Å²) in [6.45, 7) is -3.02. The Balaban J connectivity index is 1.95.